The van der Waals surface area contributed by atoms with Gasteiger partial charge >= 0.3 is 0 Å². The summed E-state index contributed by atoms with van der Waals surface area (Å²) in [6.07, 6.45) is 6.98. The number of fused-ring (bicyclic) bond motifs is 1. The summed E-state index contributed by atoms with van der Waals surface area (Å²) in [6, 6.07) is 7.24. The van der Waals surface area contributed by atoms with Crippen molar-refractivity contribution >= 4 is 33.7 Å². The number of nitrogens with zero attached hydrogens (tertiary/aromatic N) is 3. The van der Waals surface area contributed by atoms with Crippen LogP contribution in [0.15, 0.2) is 35.0 Å². The molecule has 0 fully saturated rings. The van der Waals surface area contributed by atoms with E-state index >= 15 is 8.78 Å². The summed E-state index contributed by atoms with van der Waals surface area (Å²) in [7, 11) is 0. The molecule has 4 aromatic rings. The van der Waals surface area contributed by atoms with E-state index in [4.69, 9.17) is 0 Å². The molecule has 3 heterocycles. The highest BCUT2D eigenvalue weighted by Gasteiger charge is 2.26. The molecular formula is C22H23F2N3S2. The number of hydrogen-bond donors (Lipinski definition) is 0. The Hall–Kier alpha value is -2.12. The fourth-order valence-electron chi connectivity index (χ4n) is 3.54. The Morgan fingerprint density at radius 3 is 1.79 bits per heavy atom. The van der Waals surface area contributed by atoms with Gasteiger partial charge in [0.1, 0.15) is 11.0 Å². The average molecular weight is 432 g/mol. The summed E-state index contributed by atoms with van der Waals surface area (Å²) in [6.45, 7) is 2.85. The second-order valence-corrected chi connectivity index (χ2v) is 8.99. The number of unbranched alkanes of at least 4 members (excludes halogenated alkanes) is 5. The number of thiophene rings is 2. The van der Waals surface area contributed by atoms with Gasteiger partial charge in [-0.05, 0) is 29.3 Å². The summed E-state index contributed by atoms with van der Waals surface area (Å²) in [4.78, 5) is 2.93. The summed E-state index contributed by atoms with van der Waals surface area (Å²) >= 11 is 2.75. The summed E-state index contributed by atoms with van der Waals surface area (Å²) in [5.41, 5.74) is 1.28. The van der Waals surface area contributed by atoms with Crippen molar-refractivity contribution in [1.29, 1.82) is 0 Å². The minimum atomic E-state index is -0.852. The van der Waals surface area contributed by atoms with Crippen LogP contribution in [0.4, 0.5) is 8.78 Å². The molecule has 7 heteroatoms. The number of halogens is 2. The quantitative estimate of drug-likeness (QED) is 0.256. The van der Waals surface area contributed by atoms with Gasteiger partial charge in [0, 0.05) is 9.75 Å². The number of rotatable bonds is 9. The van der Waals surface area contributed by atoms with Crippen LogP contribution in [-0.2, 0) is 6.54 Å². The van der Waals surface area contributed by atoms with E-state index < -0.39 is 11.6 Å². The number of hydrogen-bond acceptors (Lipinski definition) is 4. The number of aromatic nitrogens is 3. The van der Waals surface area contributed by atoms with Crippen molar-refractivity contribution < 1.29 is 8.78 Å². The summed E-state index contributed by atoms with van der Waals surface area (Å²) in [5.74, 6) is -1.70. The predicted molar refractivity (Wildman–Crippen MR) is 117 cm³/mol. The van der Waals surface area contributed by atoms with Crippen LogP contribution in [0.5, 0.6) is 0 Å². The van der Waals surface area contributed by atoms with Crippen LogP contribution >= 0.6 is 22.7 Å². The molecule has 0 amide bonds. The largest absolute Gasteiger partial charge is 0.203 e. The van der Waals surface area contributed by atoms with Crippen molar-refractivity contribution in [3.63, 3.8) is 0 Å². The molecule has 29 heavy (non-hydrogen) atoms. The predicted octanol–water partition coefficient (Wildman–Crippen LogP) is 7.53. The molecule has 4 rings (SSSR count). The normalized spacial score (nSPS) is 11.6. The first kappa shape index (κ1) is 20.2. The molecule has 0 atom stereocenters. The Morgan fingerprint density at radius 1 is 0.793 bits per heavy atom. The van der Waals surface area contributed by atoms with Crippen LogP contribution in [0.2, 0.25) is 0 Å². The maximum Gasteiger partial charge on any atom is 0.170 e. The highest BCUT2D eigenvalue weighted by molar-refractivity contribution is 7.14. The van der Waals surface area contributed by atoms with E-state index in [2.05, 4.69) is 17.1 Å². The second kappa shape index (κ2) is 9.13. The van der Waals surface area contributed by atoms with Crippen LogP contribution in [0.25, 0.3) is 31.9 Å². The van der Waals surface area contributed by atoms with Crippen LogP contribution < -0.4 is 0 Å². The van der Waals surface area contributed by atoms with Crippen molar-refractivity contribution in [3.05, 3.63) is 46.7 Å². The molecule has 0 bridgehead atoms. The first-order valence-corrected chi connectivity index (χ1v) is 11.8. The topological polar surface area (TPSA) is 30.7 Å². The first-order chi connectivity index (χ1) is 14.2. The van der Waals surface area contributed by atoms with Crippen molar-refractivity contribution in [2.24, 2.45) is 0 Å². The molecule has 0 spiro atoms. The maximum atomic E-state index is 15.1. The SMILES string of the molecule is CCCCCCCCn1nc2c(-c3cccs3)c(F)c(F)c(-c3cccs3)c2n1. The second-order valence-electron chi connectivity index (χ2n) is 7.09. The maximum absolute atomic E-state index is 15.1. The fourth-order valence-corrected chi connectivity index (χ4v) is 5.07. The Bertz CT molecular complexity index is 993. The van der Waals surface area contributed by atoms with Gasteiger partial charge in [-0.1, -0.05) is 51.2 Å². The smallest absolute Gasteiger partial charge is 0.170 e. The van der Waals surface area contributed by atoms with Crippen molar-refractivity contribution in [3.8, 4) is 20.9 Å². The first-order valence-electron chi connectivity index (χ1n) is 10.0. The molecule has 0 aliphatic heterocycles. The zero-order valence-corrected chi connectivity index (χ0v) is 18.0. The molecule has 0 N–H and O–H groups in total. The van der Waals surface area contributed by atoms with Crippen LogP contribution in [0.1, 0.15) is 45.4 Å². The Labute approximate surface area is 177 Å². The molecule has 0 aliphatic carbocycles. The van der Waals surface area contributed by atoms with Gasteiger partial charge in [-0.3, -0.25) is 0 Å². The molecule has 0 unspecified atom stereocenters. The van der Waals surface area contributed by atoms with Crippen molar-refractivity contribution in [1.82, 2.24) is 15.0 Å². The molecule has 0 aliphatic rings. The highest BCUT2D eigenvalue weighted by Crippen LogP contribution is 2.41. The van der Waals surface area contributed by atoms with Gasteiger partial charge in [0.05, 0.1) is 17.7 Å². The lowest BCUT2D eigenvalue weighted by Crippen LogP contribution is -2.02. The van der Waals surface area contributed by atoms with Crippen LogP contribution in [0, 0.1) is 11.6 Å². The minimum absolute atomic E-state index is 0.210. The van der Waals surface area contributed by atoms with E-state index in [1.54, 1.807) is 16.9 Å². The van der Waals surface area contributed by atoms with Crippen LogP contribution in [-0.4, -0.2) is 15.0 Å². The van der Waals surface area contributed by atoms with Gasteiger partial charge in [0.2, 0.25) is 0 Å². The van der Waals surface area contributed by atoms with E-state index in [0.717, 1.165) is 12.8 Å². The average Bonchev–Trinajstić information content (AvgIpc) is 3.47. The Balaban J connectivity index is 1.73. The van der Waals surface area contributed by atoms with E-state index in [0.29, 0.717) is 27.3 Å². The van der Waals surface area contributed by atoms with Gasteiger partial charge in [-0.2, -0.15) is 15.0 Å². The fraction of sp³-hybridized carbons (Fsp3) is 0.364. The minimum Gasteiger partial charge on any atom is -0.203 e. The molecule has 1 aromatic carbocycles. The standard InChI is InChI=1S/C22H23F2N3S2/c1-2-3-4-5-6-7-12-27-25-21-17(15-10-8-13-28-15)19(23)20(24)18(22(21)26-27)16-11-9-14-29-16/h8-11,13-14H,2-7,12H2,1H3. The van der Waals surface area contributed by atoms with Gasteiger partial charge in [-0.25, -0.2) is 8.78 Å². The van der Waals surface area contributed by atoms with E-state index in [9.17, 15) is 0 Å². The molecular weight excluding hydrogens is 408 g/mol. The lowest BCUT2D eigenvalue weighted by Gasteiger charge is -2.07. The zero-order chi connectivity index (χ0) is 20.2. The zero-order valence-electron chi connectivity index (χ0n) is 16.3. The molecule has 0 saturated carbocycles. The molecule has 0 saturated heterocycles. The highest BCUT2D eigenvalue weighted by atomic mass is 32.1. The monoisotopic (exact) mass is 431 g/mol. The third-order valence-corrected chi connectivity index (χ3v) is 6.78. The third-order valence-electron chi connectivity index (χ3n) is 5.01. The van der Waals surface area contributed by atoms with E-state index in [1.807, 2.05) is 22.9 Å². The summed E-state index contributed by atoms with van der Waals surface area (Å²) < 4.78 is 30.3. The van der Waals surface area contributed by atoms with Gasteiger partial charge < -0.3 is 0 Å². The van der Waals surface area contributed by atoms with E-state index in [-0.39, 0.29) is 11.1 Å². The molecule has 0 radical (unpaired) electrons. The van der Waals surface area contributed by atoms with Gasteiger partial charge in [0.25, 0.3) is 0 Å². The molecule has 152 valence electrons. The Morgan fingerprint density at radius 2 is 1.31 bits per heavy atom. The van der Waals surface area contributed by atoms with Gasteiger partial charge in [0.15, 0.2) is 11.6 Å². The Kier molecular flexibility index (Phi) is 6.35. The van der Waals surface area contributed by atoms with Crippen LogP contribution in [0.3, 0.4) is 0 Å². The third kappa shape index (κ3) is 4.12. The number of aryl methyl sites for hydroxylation is 1. The summed E-state index contributed by atoms with van der Waals surface area (Å²) in [5, 5.41) is 12.9. The van der Waals surface area contributed by atoms with Crippen molar-refractivity contribution in [2.75, 3.05) is 0 Å². The molecule has 3 nitrogen and oxygen atoms in total. The number of benzene rings is 1. The van der Waals surface area contributed by atoms with Crippen molar-refractivity contribution in [2.45, 2.75) is 52.0 Å². The lowest BCUT2D eigenvalue weighted by atomic mass is 10.0. The molecule has 3 aromatic heterocycles. The van der Waals surface area contributed by atoms with Gasteiger partial charge in [-0.15, -0.1) is 22.7 Å². The van der Waals surface area contributed by atoms with E-state index in [1.165, 1.54) is 48.4 Å². The lowest BCUT2D eigenvalue weighted by molar-refractivity contribution is 0.488.